The largest absolute Gasteiger partial charge is 0.345 e. The van der Waals surface area contributed by atoms with Crippen LogP contribution in [0, 0.1) is 0 Å². The Balaban J connectivity index is 2.11. The van der Waals surface area contributed by atoms with Crippen molar-refractivity contribution in [3.8, 4) is 0 Å². The summed E-state index contributed by atoms with van der Waals surface area (Å²) in [7, 11) is 0. The maximum atomic E-state index is 5.47. The zero-order chi connectivity index (χ0) is 8.39. The molecule has 0 spiro atoms. The molecule has 1 fully saturated rings. The van der Waals surface area contributed by atoms with Crippen LogP contribution in [0.4, 0.5) is 0 Å². The number of nitrogens with one attached hydrogen (secondary N) is 1. The maximum Gasteiger partial charge on any atom is 0.120 e. The van der Waals surface area contributed by atoms with Crippen molar-refractivity contribution in [3.05, 3.63) is 17.7 Å². The lowest BCUT2D eigenvalue weighted by molar-refractivity contribution is 0.699. The van der Waals surface area contributed by atoms with Gasteiger partial charge in [0, 0.05) is 17.8 Å². The van der Waals surface area contributed by atoms with Gasteiger partial charge in [0.1, 0.15) is 5.82 Å². The molecule has 0 bridgehead atoms. The molecule has 3 N–H and O–H groups in total. The first-order valence-electron chi connectivity index (χ1n) is 4.64. The Hall–Kier alpha value is -0.830. The molecule has 1 aromatic heterocycles. The van der Waals surface area contributed by atoms with Crippen LogP contribution < -0.4 is 5.73 Å². The lowest BCUT2D eigenvalue weighted by atomic mass is 10.1. The van der Waals surface area contributed by atoms with Gasteiger partial charge in [0.25, 0.3) is 0 Å². The van der Waals surface area contributed by atoms with Gasteiger partial charge in [-0.25, -0.2) is 4.98 Å². The third kappa shape index (κ3) is 1.37. The highest BCUT2D eigenvalue weighted by Crippen LogP contribution is 2.32. The van der Waals surface area contributed by atoms with Crippen molar-refractivity contribution < 1.29 is 0 Å². The van der Waals surface area contributed by atoms with Crippen molar-refractivity contribution in [2.45, 2.75) is 38.1 Å². The van der Waals surface area contributed by atoms with Crippen LogP contribution in [-0.4, -0.2) is 9.97 Å². The lowest BCUT2D eigenvalue weighted by Gasteiger charge is -2.03. The zero-order valence-corrected chi connectivity index (χ0v) is 7.21. The van der Waals surface area contributed by atoms with Gasteiger partial charge in [0.05, 0.1) is 6.54 Å². The molecule has 66 valence electrons. The number of hydrogen-bond donors (Lipinski definition) is 2. The van der Waals surface area contributed by atoms with Crippen LogP contribution in [0.5, 0.6) is 0 Å². The number of hydrogen-bond acceptors (Lipinski definition) is 2. The predicted molar refractivity (Wildman–Crippen MR) is 47.7 cm³/mol. The Morgan fingerprint density at radius 2 is 2.25 bits per heavy atom. The van der Waals surface area contributed by atoms with E-state index in [4.69, 9.17) is 5.73 Å². The van der Waals surface area contributed by atoms with E-state index < -0.39 is 0 Å². The molecule has 1 aliphatic rings. The normalized spacial score (nSPS) is 18.8. The first-order chi connectivity index (χ1) is 5.90. The molecule has 0 aliphatic heterocycles. The molecule has 0 aromatic carbocycles. The first kappa shape index (κ1) is 7.80. The van der Waals surface area contributed by atoms with E-state index >= 15 is 0 Å². The molecule has 12 heavy (non-hydrogen) atoms. The van der Waals surface area contributed by atoms with Gasteiger partial charge in [-0.15, -0.1) is 0 Å². The molecule has 0 amide bonds. The molecule has 0 saturated heterocycles. The van der Waals surface area contributed by atoms with Crippen molar-refractivity contribution in [3.63, 3.8) is 0 Å². The van der Waals surface area contributed by atoms with E-state index in [0.29, 0.717) is 6.54 Å². The zero-order valence-electron chi connectivity index (χ0n) is 7.21. The minimum Gasteiger partial charge on any atom is -0.345 e. The Kier molecular flexibility index (Phi) is 2.13. The molecule has 1 saturated carbocycles. The molecule has 2 rings (SSSR count). The summed E-state index contributed by atoms with van der Waals surface area (Å²) in [5, 5.41) is 0. The number of aromatic amines is 1. The van der Waals surface area contributed by atoms with Gasteiger partial charge >= 0.3 is 0 Å². The SMILES string of the molecule is NCc1ncc(C2CCCC2)[nH]1. The molecule has 1 heterocycles. The fraction of sp³-hybridized carbons (Fsp3) is 0.667. The molecule has 1 aliphatic carbocycles. The predicted octanol–water partition coefficient (Wildman–Crippen LogP) is 1.53. The number of aromatic nitrogens is 2. The van der Waals surface area contributed by atoms with Crippen molar-refractivity contribution in [2.75, 3.05) is 0 Å². The van der Waals surface area contributed by atoms with Crippen LogP contribution in [0.15, 0.2) is 6.20 Å². The fourth-order valence-electron chi connectivity index (χ4n) is 1.93. The van der Waals surface area contributed by atoms with Crippen LogP contribution in [0.25, 0.3) is 0 Å². The highest BCUT2D eigenvalue weighted by atomic mass is 14.9. The van der Waals surface area contributed by atoms with Crippen LogP contribution >= 0.6 is 0 Å². The smallest absolute Gasteiger partial charge is 0.120 e. The number of nitrogens with zero attached hydrogens (tertiary/aromatic N) is 1. The molecule has 0 atom stereocenters. The Morgan fingerprint density at radius 3 is 2.83 bits per heavy atom. The van der Waals surface area contributed by atoms with Crippen LogP contribution in [0.3, 0.4) is 0 Å². The topological polar surface area (TPSA) is 54.7 Å². The van der Waals surface area contributed by atoms with Gasteiger partial charge in [-0.05, 0) is 12.8 Å². The average Bonchev–Trinajstić information content (AvgIpc) is 2.75. The van der Waals surface area contributed by atoms with Gasteiger partial charge in [0.15, 0.2) is 0 Å². The molecule has 1 aromatic rings. The first-order valence-corrected chi connectivity index (χ1v) is 4.64. The van der Waals surface area contributed by atoms with E-state index in [1.54, 1.807) is 0 Å². The number of imidazole rings is 1. The summed E-state index contributed by atoms with van der Waals surface area (Å²) >= 11 is 0. The molecule has 0 unspecified atom stereocenters. The summed E-state index contributed by atoms with van der Waals surface area (Å²) in [6.07, 6.45) is 7.29. The third-order valence-corrected chi connectivity index (χ3v) is 2.64. The summed E-state index contributed by atoms with van der Waals surface area (Å²) in [6, 6.07) is 0. The number of H-pyrrole nitrogens is 1. The summed E-state index contributed by atoms with van der Waals surface area (Å²) in [5.74, 6) is 1.63. The second-order valence-corrected chi connectivity index (χ2v) is 3.47. The van der Waals surface area contributed by atoms with E-state index in [1.807, 2.05) is 6.20 Å². The summed E-state index contributed by atoms with van der Waals surface area (Å²) in [5.41, 5.74) is 6.75. The fourth-order valence-corrected chi connectivity index (χ4v) is 1.93. The number of rotatable bonds is 2. The minimum absolute atomic E-state index is 0.521. The molecule has 3 nitrogen and oxygen atoms in total. The summed E-state index contributed by atoms with van der Waals surface area (Å²) in [6.45, 7) is 0.521. The van der Waals surface area contributed by atoms with Gasteiger partial charge in [0.2, 0.25) is 0 Å². The second-order valence-electron chi connectivity index (χ2n) is 3.47. The van der Waals surface area contributed by atoms with Crippen molar-refractivity contribution >= 4 is 0 Å². The van der Waals surface area contributed by atoms with Crippen molar-refractivity contribution in [2.24, 2.45) is 5.73 Å². The third-order valence-electron chi connectivity index (χ3n) is 2.64. The van der Waals surface area contributed by atoms with Crippen LogP contribution in [-0.2, 0) is 6.54 Å². The van der Waals surface area contributed by atoms with Crippen molar-refractivity contribution in [1.29, 1.82) is 0 Å². The lowest BCUT2D eigenvalue weighted by Crippen LogP contribution is -1.99. The van der Waals surface area contributed by atoms with E-state index in [0.717, 1.165) is 11.7 Å². The van der Waals surface area contributed by atoms with E-state index in [1.165, 1.54) is 31.4 Å². The quantitative estimate of drug-likeness (QED) is 0.698. The number of nitrogens with two attached hydrogens (primary N) is 1. The second kappa shape index (κ2) is 3.27. The van der Waals surface area contributed by atoms with Crippen LogP contribution in [0.2, 0.25) is 0 Å². The van der Waals surface area contributed by atoms with Crippen molar-refractivity contribution in [1.82, 2.24) is 9.97 Å². The monoisotopic (exact) mass is 165 g/mol. The van der Waals surface area contributed by atoms with Gasteiger partial charge in [-0.1, -0.05) is 12.8 Å². The standard InChI is InChI=1S/C9H15N3/c10-5-9-11-6-8(12-9)7-3-1-2-4-7/h6-7H,1-5,10H2,(H,11,12). The summed E-state index contributed by atoms with van der Waals surface area (Å²) in [4.78, 5) is 7.47. The average molecular weight is 165 g/mol. The van der Waals surface area contributed by atoms with E-state index in [2.05, 4.69) is 9.97 Å². The Morgan fingerprint density at radius 1 is 1.50 bits per heavy atom. The highest BCUT2D eigenvalue weighted by Gasteiger charge is 2.18. The van der Waals surface area contributed by atoms with Crippen LogP contribution in [0.1, 0.15) is 43.1 Å². The maximum absolute atomic E-state index is 5.47. The Bertz CT molecular complexity index is 248. The molecule has 3 heteroatoms. The molecule has 0 radical (unpaired) electrons. The van der Waals surface area contributed by atoms with Gasteiger partial charge in [-0.2, -0.15) is 0 Å². The van der Waals surface area contributed by atoms with Gasteiger partial charge in [-0.3, -0.25) is 0 Å². The summed E-state index contributed by atoms with van der Waals surface area (Å²) < 4.78 is 0. The molecular weight excluding hydrogens is 150 g/mol. The Labute approximate surface area is 72.4 Å². The van der Waals surface area contributed by atoms with Gasteiger partial charge < -0.3 is 10.7 Å². The van der Waals surface area contributed by atoms with E-state index in [9.17, 15) is 0 Å². The highest BCUT2D eigenvalue weighted by molar-refractivity contribution is 5.08. The molecular formula is C9H15N3. The minimum atomic E-state index is 0.521. The van der Waals surface area contributed by atoms with E-state index in [-0.39, 0.29) is 0 Å².